The number of aryl methyl sites for hydroxylation is 1. The normalized spacial score (nSPS) is 30.0. The van der Waals surface area contributed by atoms with Gasteiger partial charge in [0.1, 0.15) is 29.8 Å². The number of carbonyl (C=O) groups is 1. The molecule has 0 saturated carbocycles. The molecule has 5 unspecified atom stereocenters. The first kappa shape index (κ1) is 29.9. The van der Waals surface area contributed by atoms with Crippen LogP contribution in [0.25, 0.3) is 0 Å². The molecule has 212 valence electrons. The number of benzene rings is 1. The molecular weight excluding hydrogens is 509 g/mol. The van der Waals surface area contributed by atoms with Gasteiger partial charge in [0.05, 0.1) is 0 Å². The molecule has 0 aromatic heterocycles. The minimum atomic E-state index is -5.09. The third-order valence-corrected chi connectivity index (χ3v) is 7.15. The van der Waals surface area contributed by atoms with Gasteiger partial charge in [0.15, 0.2) is 6.10 Å². The second-order valence-electron chi connectivity index (χ2n) is 10.1. The Morgan fingerprint density at radius 3 is 2.29 bits per heavy atom. The van der Waals surface area contributed by atoms with Crippen LogP contribution in [-0.4, -0.2) is 68.4 Å². The summed E-state index contributed by atoms with van der Waals surface area (Å²) in [5, 5.41) is 51.2. The van der Waals surface area contributed by atoms with E-state index in [2.05, 4.69) is 18.2 Å². The zero-order chi connectivity index (χ0) is 28.4. The fourth-order valence-corrected chi connectivity index (χ4v) is 5.06. The predicted molar refractivity (Wildman–Crippen MR) is 130 cm³/mol. The van der Waals surface area contributed by atoms with Crippen molar-refractivity contribution in [2.75, 3.05) is 0 Å². The molecule has 0 radical (unpaired) electrons. The Bertz CT molecular complexity index is 1030. The summed E-state index contributed by atoms with van der Waals surface area (Å²) in [7, 11) is 0. The number of carbonyl (C=O) groups excluding carboxylic acids is 1. The van der Waals surface area contributed by atoms with Crippen LogP contribution in [0.2, 0.25) is 0 Å². The van der Waals surface area contributed by atoms with E-state index in [9.17, 15) is 43.5 Å². The number of rotatable bonds is 8. The number of hydrogen-bond donors (Lipinski definition) is 5. The number of aromatic hydroxyl groups is 2. The Morgan fingerprint density at radius 1 is 1.11 bits per heavy atom. The Labute approximate surface area is 219 Å². The molecule has 1 heterocycles. The molecule has 5 N–H and O–H groups in total. The molecule has 11 heteroatoms. The average molecular weight is 545 g/mol. The lowest BCUT2D eigenvalue weighted by atomic mass is 9.73. The third-order valence-electron chi connectivity index (χ3n) is 7.15. The van der Waals surface area contributed by atoms with Crippen LogP contribution in [-0.2, 0) is 20.7 Å². The topological polar surface area (TPSA) is 137 Å². The number of ether oxygens (including phenoxy) is 2. The third kappa shape index (κ3) is 6.51. The van der Waals surface area contributed by atoms with Gasteiger partial charge < -0.3 is 35.0 Å². The number of unbranched alkanes of at least 4 members (excludes halogenated alkanes) is 2. The lowest BCUT2D eigenvalue weighted by Crippen LogP contribution is -2.62. The van der Waals surface area contributed by atoms with Crippen molar-refractivity contribution < 1.29 is 53.0 Å². The van der Waals surface area contributed by atoms with Gasteiger partial charge in [0.2, 0.25) is 6.29 Å². The van der Waals surface area contributed by atoms with E-state index in [-0.39, 0.29) is 35.0 Å². The molecular formula is C27H35F3O8. The van der Waals surface area contributed by atoms with Crippen molar-refractivity contribution in [3.8, 4) is 11.5 Å². The molecule has 0 bridgehead atoms. The lowest BCUT2D eigenvalue weighted by Gasteiger charge is -2.40. The smallest absolute Gasteiger partial charge is 0.417 e. The zero-order valence-electron chi connectivity index (χ0n) is 21.3. The van der Waals surface area contributed by atoms with E-state index in [1.807, 2.05) is 0 Å². The highest BCUT2D eigenvalue weighted by Crippen LogP contribution is 2.47. The van der Waals surface area contributed by atoms with Crippen molar-refractivity contribution in [1.82, 2.24) is 0 Å². The summed E-state index contributed by atoms with van der Waals surface area (Å²) in [5.74, 6) is -2.37. The quantitative estimate of drug-likeness (QED) is 0.190. The van der Waals surface area contributed by atoms with Gasteiger partial charge in [-0.25, -0.2) is 4.79 Å². The maximum Gasteiger partial charge on any atom is 0.417 e. The van der Waals surface area contributed by atoms with Crippen molar-refractivity contribution in [1.29, 1.82) is 0 Å². The minimum Gasteiger partial charge on any atom is -0.507 e. The second kappa shape index (κ2) is 12.1. The Kier molecular flexibility index (Phi) is 9.51. The van der Waals surface area contributed by atoms with Crippen LogP contribution in [0.1, 0.15) is 63.0 Å². The van der Waals surface area contributed by atoms with Gasteiger partial charge in [-0.3, -0.25) is 0 Å². The Hall–Kier alpha value is -2.60. The molecule has 1 aromatic rings. The number of allylic oxidation sites excluding steroid dienone is 2. The average Bonchev–Trinajstić information content (AvgIpc) is 2.83. The van der Waals surface area contributed by atoms with Crippen LogP contribution in [0, 0.1) is 5.92 Å². The molecule has 0 amide bonds. The van der Waals surface area contributed by atoms with Crippen molar-refractivity contribution in [2.24, 2.45) is 5.92 Å². The monoisotopic (exact) mass is 544 g/mol. The van der Waals surface area contributed by atoms with Gasteiger partial charge in [-0.15, -0.1) is 0 Å². The molecule has 8 nitrogen and oxygen atoms in total. The molecule has 2 aliphatic rings. The number of halogens is 3. The maximum absolute atomic E-state index is 13.2. The summed E-state index contributed by atoms with van der Waals surface area (Å²) in [4.78, 5) is 12.9. The fraction of sp³-hybridized carbons (Fsp3) is 0.593. The molecule has 1 saturated heterocycles. The van der Waals surface area contributed by atoms with Crippen LogP contribution in [0.4, 0.5) is 13.2 Å². The first-order valence-electron chi connectivity index (χ1n) is 12.6. The zero-order valence-corrected chi connectivity index (χ0v) is 21.3. The molecule has 38 heavy (non-hydrogen) atoms. The SMILES string of the molecule is C=C(C)[C@@H]1CCC(C(=O)OC2OC(C(F)(F)F)C(O)C(O)C2O)=C[C@H]1c1c(O)cc(CCCCC)cc1O. The maximum atomic E-state index is 13.2. The predicted octanol–water partition coefficient (Wildman–Crippen LogP) is 3.74. The molecule has 1 aromatic carbocycles. The summed E-state index contributed by atoms with van der Waals surface area (Å²) in [6.45, 7) is 7.82. The summed E-state index contributed by atoms with van der Waals surface area (Å²) >= 11 is 0. The highest BCUT2D eigenvalue weighted by molar-refractivity contribution is 5.89. The summed E-state index contributed by atoms with van der Waals surface area (Å²) in [5.41, 5.74) is 1.71. The molecule has 0 spiro atoms. The minimum absolute atomic E-state index is 0.0262. The molecule has 1 fully saturated rings. The number of esters is 1. The first-order valence-corrected chi connectivity index (χ1v) is 12.6. The van der Waals surface area contributed by atoms with E-state index in [1.54, 1.807) is 19.1 Å². The van der Waals surface area contributed by atoms with Crippen LogP contribution >= 0.6 is 0 Å². The molecule has 1 aliphatic heterocycles. The van der Waals surface area contributed by atoms with Gasteiger partial charge in [-0.2, -0.15) is 13.2 Å². The highest BCUT2D eigenvalue weighted by Gasteiger charge is 2.56. The van der Waals surface area contributed by atoms with E-state index in [4.69, 9.17) is 4.74 Å². The summed E-state index contributed by atoms with van der Waals surface area (Å²) < 4.78 is 49.3. The Balaban J connectivity index is 1.88. The standard InChI is InChI=1S/C27H35F3O8/c1-4-5-6-7-14-10-18(31)20(19(32)11-14)17-12-15(8-9-16(17)13(2)3)25(36)38-26-23(35)21(33)22(34)24(37-26)27(28,29)30/h10-12,16-17,21-24,26,31-35H,2,4-9H2,1,3H3/t16-,17+,21?,22?,23?,24?,26?/m0/s1. The van der Waals surface area contributed by atoms with Crippen LogP contribution < -0.4 is 0 Å². The van der Waals surface area contributed by atoms with E-state index >= 15 is 0 Å². The Morgan fingerprint density at radius 2 is 1.74 bits per heavy atom. The number of aliphatic hydroxyl groups excluding tert-OH is 3. The van der Waals surface area contributed by atoms with Crippen LogP contribution in [0.3, 0.4) is 0 Å². The van der Waals surface area contributed by atoms with Crippen LogP contribution in [0.5, 0.6) is 11.5 Å². The van der Waals surface area contributed by atoms with Crippen molar-refractivity contribution in [3.05, 3.63) is 47.1 Å². The number of hydrogen-bond acceptors (Lipinski definition) is 8. The molecule has 7 atom stereocenters. The first-order chi connectivity index (χ1) is 17.8. The van der Waals surface area contributed by atoms with E-state index in [0.717, 1.165) is 30.4 Å². The van der Waals surface area contributed by atoms with Gasteiger partial charge >= 0.3 is 12.1 Å². The van der Waals surface area contributed by atoms with E-state index in [1.165, 1.54) is 6.08 Å². The summed E-state index contributed by atoms with van der Waals surface area (Å²) in [6, 6.07) is 3.13. The van der Waals surface area contributed by atoms with Gasteiger partial charge in [0, 0.05) is 17.1 Å². The van der Waals surface area contributed by atoms with Crippen molar-refractivity contribution in [2.45, 2.75) is 95.2 Å². The summed E-state index contributed by atoms with van der Waals surface area (Å²) in [6.07, 6.45) is -11.5. The number of phenolic OH excluding ortho intramolecular Hbond substituents is 2. The number of aliphatic hydroxyl groups is 3. The number of phenols is 2. The molecule has 3 rings (SSSR count). The molecule has 1 aliphatic carbocycles. The van der Waals surface area contributed by atoms with E-state index < -0.39 is 48.8 Å². The van der Waals surface area contributed by atoms with Gasteiger partial charge in [-0.1, -0.05) is 38.0 Å². The van der Waals surface area contributed by atoms with E-state index in [0.29, 0.717) is 12.8 Å². The lowest BCUT2D eigenvalue weighted by molar-refractivity contribution is -0.346. The fourth-order valence-electron chi connectivity index (χ4n) is 5.06. The van der Waals surface area contributed by atoms with Crippen molar-refractivity contribution in [3.63, 3.8) is 0 Å². The highest BCUT2D eigenvalue weighted by atomic mass is 19.4. The second-order valence-corrected chi connectivity index (χ2v) is 10.1. The van der Waals surface area contributed by atoms with Gasteiger partial charge in [-0.05, 0) is 56.2 Å². The largest absolute Gasteiger partial charge is 0.507 e. The van der Waals surface area contributed by atoms with Crippen LogP contribution in [0.15, 0.2) is 35.9 Å². The number of alkyl halides is 3. The van der Waals surface area contributed by atoms with Gasteiger partial charge in [0.25, 0.3) is 0 Å². The van der Waals surface area contributed by atoms with Crippen molar-refractivity contribution >= 4 is 5.97 Å².